The molecule has 0 bridgehead atoms. The lowest BCUT2D eigenvalue weighted by atomic mass is 9.83. The number of piperidine rings is 2. The minimum Gasteiger partial charge on any atom is -0.344 e. The molecule has 150 valence electrons. The second-order valence-corrected chi connectivity index (χ2v) is 8.19. The predicted molar refractivity (Wildman–Crippen MR) is 108 cm³/mol. The Morgan fingerprint density at radius 3 is 2.86 bits per heavy atom. The Hall–Kier alpha value is -2.41. The average molecular weight is 384 g/mol. The molecule has 1 amide bonds. The van der Waals surface area contributed by atoms with E-state index in [4.69, 9.17) is 0 Å². The Morgan fingerprint density at radius 1 is 1.21 bits per heavy atom. The zero-order valence-corrected chi connectivity index (χ0v) is 16.4. The van der Waals surface area contributed by atoms with Crippen molar-refractivity contribution in [3.05, 3.63) is 40.6 Å². The number of nitrogens with zero attached hydrogens (tertiary/aromatic N) is 4. The van der Waals surface area contributed by atoms with Crippen molar-refractivity contribution in [1.82, 2.24) is 14.4 Å². The third-order valence-corrected chi connectivity index (χ3v) is 6.46. The monoisotopic (exact) mass is 384 g/mol. The molecule has 2 aliphatic rings. The second kappa shape index (κ2) is 7.91. The first-order chi connectivity index (χ1) is 13.5. The van der Waals surface area contributed by atoms with Gasteiger partial charge in [-0.3, -0.25) is 14.9 Å². The van der Waals surface area contributed by atoms with E-state index in [2.05, 4.69) is 4.90 Å². The van der Waals surface area contributed by atoms with Gasteiger partial charge < -0.3 is 14.4 Å². The van der Waals surface area contributed by atoms with Crippen molar-refractivity contribution in [3.8, 4) is 0 Å². The van der Waals surface area contributed by atoms with E-state index < -0.39 is 0 Å². The zero-order valence-electron chi connectivity index (χ0n) is 16.4. The average Bonchev–Trinajstić information content (AvgIpc) is 3.11. The molecule has 28 heavy (non-hydrogen) atoms. The van der Waals surface area contributed by atoms with Crippen molar-refractivity contribution in [1.29, 1.82) is 0 Å². The predicted octanol–water partition coefficient (Wildman–Crippen LogP) is 3.27. The van der Waals surface area contributed by atoms with Crippen LogP contribution in [0.2, 0.25) is 0 Å². The highest BCUT2D eigenvalue weighted by Gasteiger charge is 2.34. The van der Waals surface area contributed by atoms with E-state index in [-0.39, 0.29) is 23.1 Å². The third-order valence-electron chi connectivity index (χ3n) is 6.46. The Morgan fingerprint density at radius 2 is 2.04 bits per heavy atom. The van der Waals surface area contributed by atoms with Crippen molar-refractivity contribution in [2.75, 3.05) is 26.7 Å². The lowest BCUT2D eigenvalue weighted by molar-refractivity contribution is -0.383. The van der Waals surface area contributed by atoms with Crippen LogP contribution >= 0.6 is 0 Å². The fourth-order valence-corrected chi connectivity index (χ4v) is 5.01. The van der Waals surface area contributed by atoms with Crippen molar-refractivity contribution >= 4 is 22.5 Å². The molecule has 2 fully saturated rings. The van der Waals surface area contributed by atoms with Crippen LogP contribution in [0.3, 0.4) is 0 Å². The first kappa shape index (κ1) is 18.9. The molecule has 7 nitrogen and oxygen atoms in total. The number of benzene rings is 1. The van der Waals surface area contributed by atoms with E-state index in [1.54, 1.807) is 18.3 Å². The number of nitro benzene ring substituents is 1. The van der Waals surface area contributed by atoms with Gasteiger partial charge in [-0.1, -0.05) is 12.5 Å². The standard InChI is InChI=1S/C21H28N4O3/c1-22(14-16-6-5-12-23-11-3-2-7-18(16)23)21(26)15-24-13-10-17-19(24)8-4-9-20(17)25(27)28/h4,8-10,13,16,18H,2-3,5-7,11-12,14-15H2,1H3/t16-,18+/m0/s1. The SMILES string of the molecule is CN(C[C@@H]1CCCN2CCCC[C@H]12)C(=O)Cn1ccc2c([N+](=O)[O-])cccc21. The number of amides is 1. The van der Waals surface area contributed by atoms with Crippen LogP contribution in [0, 0.1) is 16.0 Å². The molecular weight excluding hydrogens is 356 g/mol. The topological polar surface area (TPSA) is 71.6 Å². The quantitative estimate of drug-likeness (QED) is 0.586. The van der Waals surface area contributed by atoms with Gasteiger partial charge >= 0.3 is 0 Å². The van der Waals surface area contributed by atoms with Crippen LogP contribution in [0.1, 0.15) is 32.1 Å². The lowest BCUT2D eigenvalue weighted by Gasteiger charge is -2.45. The summed E-state index contributed by atoms with van der Waals surface area (Å²) in [5.74, 6) is 0.599. The molecule has 2 atom stereocenters. The molecule has 0 radical (unpaired) electrons. The summed E-state index contributed by atoms with van der Waals surface area (Å²) in [6.07, 6.45) is 8.02. The molecule has 1 aromatic carbocycles. The zero-order chi connectivity index (χ0) is 19.7. The number of rotatable bonds is 5. The van der Waals surface area contributed by atoms with Gasteiger partial charge in [0.05, 0.1) is 15.8 Å². The van der Waals surface area contributed by atoms with Crippen molar-refractivity contribution in [2.45, 2.75) is 44.7 Å². The number of carbonyl (C=O) groups is 1. The van der Waals surface area contributed by atoms with Gasteiger partial charge in [-0.25, -0.2) is 0 Å². The first-order valence-electron chi connectivity index (χ1n) is 10.2. The van der Waals surface area contributed by atoms with E-state index in [0.29, 0.717) is 17.3 Å². The number of nitro groups is 1. The minimum absolute atomic E-state index is 0.0527. The van der Waals surface area contributed by atoms with Gasteiger partial charge in [0.2, 0.25) is 5.91 Å². The molecular formula is C21H28N4O3. The number of carbonyl (C=O) groups excluding carboxylic acids is 1. The largest absolute Gasteiger partial charge is 0.344 e. The number of likely N-dealkylation sites (N-methyl/N-ethyl adjacent to an activating group) is 1. The number of fused-ring (bicyclic) bond motifs is 2. The molecule has 7 heteroatoms. The number of hydrogen-bond donors (Lipinski definition) is 0. The summed E-state index contributed by atoms with van der Waals surface area (Å²) >= 11 is 0. The van der Waals surface area contributed by atoms with Gasteiger partial charge in [-0.2, -0.15) is 0 Å². The van der Waals surface area contributed by atoms with E-state index >= 15 is 0 Å². The van der Waals surface area contributed by atoms with Crippen LogP contribution < -0.4 is 0 Å². The number of non-ortho nitro benzene ring substituents is 1. The molecule has 0 aliphatic carbocycles. The number of aromatic nitrogens is 1. The summed E-state index contributed by atoms with van der Waals surface area (Å²) in [5, 5.41) is 11.8. The van der Waals surface area contributed by atoms with E-state index in [1.165, 1.54) is 51.3 Å². The molecule has 3 heterocycles. The maximum Gasteiger partial charge on any atom is 0.278 e. The lowest BCUT2D eigenvalue weighted by Crippen LogP contribution is -2.51. The van der Waals surface area contributed by atoms with Gasteiger partial charge in [0.15, 0.2) is 0 Å². The summed E-state index contributed by atoms with van der Waals surface area (Å²) < 4.78 is 1.81. The first-order valence-corrected chi connectivity index (χ1v) is 10.2. The highest BCUT2D eigenvalue weighted by atomic mass is 16.6. The second-order valence-electron chi connectivity index (χ2n) is 8.19. The van der Waals surface area contributed by atoms with Crippen LogP contribution in [-0.4, -0.2) is 57.9 Å². The van der Waals surface area contributed by atoms with Gasteiger partial charge in [0.1, 0.15) is 6.54 Å². The third kappa shape index (κ3) is 3.63. The fourth-order valence-electron chi connectivity index (χ4n) is 5.01. The van der Waals surface area contributed by atoms with Crippen LogP contribution in [0.25, 0.3) is 10.9 Å². The van der Waals surface area contributed by atoms with Crippen molar-refractivity contribution < 1.29 is 9.72 Å². The Bertz CT molecular complexity index is 876. The molecule has 2 aromatic rings. The summed E-state index contributed by atoms with van der Waals surface area (Å²) in [7, 11) is 1.89. The van der Waals surface area contributed by atoms with E-state index in [0.717, 1.165) is 12.1 Å². The normalized spacial score (nSPS) is 22.8. The molecule has 0 saturated carbocycles. The molecule has 0 spiro atoms. The van der Waals surface area contributed by atoms with Crippen molar-refractivity contribution in [2.24, 2.45) is 5.92 Å². The summed E-state index contributed by atoms with van der Waals surface area (Å²) in [6.45, 7) is 3.40. The van der Waals surface area contributed by atoms with Gasteiger partial charge in [-0.05, 0) is 56.8 Å². The molecule has 1 aromatic heterocycles. The van der Waals surface area contributed by atoms with Crippen LogP contribution in [0.4, 0.5) is 5.69 Å². The van der Waals surface area contributed by atoms with Crippen LogP contribution in [0.5, 0.6) is 0 Å². The molecule has 2 saturated heterocycles. The Labute approximate surface area is 165 Å². The van der Waals surface area contributed by atoms with Gasteiger partial charge in [0.25, 0.3) is 5.69 Å². The maximum atomic E-state index is 12.9. The van der Waals surface area contributed by atoms with Gasteiger partial charge in [0, 0.05) is 31.9 Å². The Kier molecular flexibility index (Phi) is 5.35. The van der Waals surface area contributed by atoms with Crippen molar-refractivity contribution in [3.63, 3.8) is 0 Å². The summed E-state index contributed by atoms with van der Waals surface area (Å²) in [6, 6.07) is 7.34. The smallest absolute Gasteiger partial charge is 0.278 e. The van der Waals surface area contributed by atoms with Crippen LogP contribution in [-0.2, 0) is 11.3 Å². The van der Waals surface area contributed by atoms with Gasteiger partial charge in [-0.15, -0.1) is 0 Å². The minimum atomic E-state index is -0.375. The van der Waals surface area contributed by atoms with E-state index in [9.17, 15) is 14.9 Å². The highest BCUT2D eigenvalue weighted by Crippen LogP contribution is 2.31. The molecule has 2 aliphatic heterocycles. The van der Waals surface area contributed by atoms with E-state index in [1.807, 2.05) is 22.6 Å². The molecule has 4 rings (SSSR count). The molecule has 0 unspecified atom stereocenters. The fraction of sp³-hybridized carbons (Fsp3) is 0.571. The highest BCUT2D eigenvalue weighted by molar-refractivity contribution is 5.90. The Balaban J connectivity index is 1.44. The molecule has 0 N–H and O–H groups in total. The van der Waals surface area contributed by atoms with Crippen LogP contribution in [0.15, 0.2) is 30.5 Å². The number of hydrogen-bond acceptors (Lipinski definition) is 4. The summed E-state index contributed by atoms with van der Waals surface area (Å²) in [4.78, 5) is 28.2. The summed E-state index contributed by atoms with van der Waals surface area (Å²) in [5.41, 5.74) is 0.809. The maximum absolute atomic E-state index is 12.9.